The fourth-order valence-electron chi connectivity index (χ4n) is 1.64. The fraction of sp³-hybridized carbons (Fsp3) is 0.188. The van der Waals surface area contributed by atoms with Gasteiger partial charge in [0.15, 0.2) is 6.61 Å². The van der Waals surface area contributed by atoms with E-state index in [0.29, 0.717) is 19.0 Å². The van der Waals surface area contributed by atoms with Gasteiger partial charge in [-0.2, -0.15) is 0 Å². The molecule has 4 nitrogen and oxygen atoms in total. The van der Waals surface area contributed by atoms with Gasteiger partial charge in [-0.1, -0.05) is 41.6 Å². The Morgan fingerprint density at radius 1 is 1.05 bits per heavy atom. The molecule has 1 N–H and O–H groups in total. The van der Waals surface area contributed by atoms with E-state index >= 15 is 0 Å². The molecule has 2 aromatic carbocycles. The van der Waals surface area contributed by atoms with Crippen LogP contribution in [-0.4, -0.2) is 24.0 Å². The van der Waals surface area contributed by atoms with Crippen LogP contribution in [0.2, 0.25) is 0 Å². The minimum absolute atomic E-state index is 0.182. The smallest absolute Gasteiger partial charge is 0.151 e. The van der Waals surface area contributed by atoms with Crippen LogP contribution in [-0.2, 0) is 4.84 Å². The highest BCUT2D eigenvalue weighted by Crippen LogP contribution is 2.17. The van der Waals surface area contributed by atoms with Crippen LogP contribution in [0.25, 0.3) is 0 Å². The number of nitrogens with zero attached hydrogens (tertiary/aromatic N) is 1. The van der Waals surface area contributed by atoms with E-state index in [4.69, 9.17) is 9.57 Å². The summed E-state index contributed by atoms with van der Waals surface area (Å²) in [6.45, 7) is 2.61. The molecule has 20 heavy (non-hydrogen) atoms. The molecule has 0 saturated heterocycles. The molecule has 0 saturated carbocycles. The van der Waals surface area contributed by atoms with E-state index < -0.39 is 0 Å². The van der Waals surface area contributed by atoms with E-state index in [1.54, 1.807) is 24.3 Å². The number of ether oxygens (including phenoxy) is 1. The van der Waals surface area contributed by atoms with E-state index in [1.165, 1.54) is 0 Å². The van der Waals surface area contributed by atoms with Gasteiger partial charge in [0.25, 0.3) is 0 Å². The van der Waals surface area contributed by atoms with Gasteiger partial charge >= 0.3 is 0 Å². The number of phenols is 1. The van der Waals surface area contributed by atoms with Crippen LogP contribution in [0.3, 0.4) is 0 Å². The molecule has 0 amide bonds. The first-order valence-corrected chi connectivity index (χ1v) is 6.39. The van der Waals surface area contributed by atoms with Crippen LogP contribution in [0.15, 0.2) is 59.8 Å². The van der Waals surface area contributed by atoms with Gasteiger partial charge in [0.2, 0.25) is 0 Å². The second kappa shape index (κ2) is 7.19. The first-order chi connectivity index (χ1) is 9.75. The molecule has 0 aliphatic carbocycles. The van der Waals surface area contributed by atoms with E-state index in [0.717, 1.165) is 11.3 Å². The molecule has 2 aromatic rings. The Morgan fingerprint density at radius 3 is 2.60 bits per heavy atom. The highest BCUT2D eigenvalue weighted by atomic mass is 16.6. The number of oxime groups is 1. The summed E-state index contributed by atoms with van der Waals surface area (Å²) in [5, 5.41) is 13.3. The maximum Gasteiger partial charge on any atom is 0.151 e. The molecule has 0 aromatic heterocycles. The molecule has 2 rings (SSSR count). The molecule has 0 atom stereocenters. The molecule has 4 heteroatoms. The zero-order valence-corrected chi connectivity index (χ0v) is 11.3. The number of benzene rings is 2. The lowest BCUT2D eigenvalue weighted by molar-refractivity contribution is 0.107. The minimum atomic E-state index is 0.182. The molecule has 0 heterocycles. The first kappa shape index (κ1) is 13.9. The zero-order chi connectivity index (χ0) is 14.2. The second-order valence-corrected chi connectivity index (χ2v) is 4.22. The van der Waals surface area contributed by atoms with Gasteiger partial charge in [0, 0.05) is 6.07 Å². The average Bonchev–Trinajstić information content (AvgIpc) is 2.48. The van der Waals surface area contributed by atoms with Crippen LogP contribution in [0, 0.1) is 0 Å². The number of aromatic hydroxyl groups is 1. The summed E-state index contributed by atoms with van der Waals surface area (Å²) in [5.41, 5.74) is 1.85. The largest absolute Gasteiger partial charge is 0.508 e. The third-order valence-corrected chi connectivity index (χ3v) is 2.65. The molecule has 0 spiro atoms. The van der Waals surface area contributed by atoms with Crippen LogP contribution < -0.4 is 4.74 Å². The highest BCUT2D eigenvalue weighted by Gasteiger charge is 1.97. The van der Waals surface area contributed by atoms with Crippen molar-refractivity contribution >= 4 is 5.71 Å². The second-order valence-electron chi connectivity index (χ2n) is 4.22. The lowest BCUT2D eigenvalue weighted by Crippen LogP contribution is -2.05. The summed E-state index contributed by atoms with van der Waals surface area (Å²) in [5.74, 6) is 0.790. The molecule has 104 valence electrons. The Hall–Kier alpha value is -2.49. The van der Waals surface area contributed by atoms with Crippen molar-refractivity contribution in [1.82, 2.24) is 0 Å². The summed E-state index contributed by atoms with van der Waals surface area (Å²) in [4.78, 5) is 5.20. The van der Waals surface area contributed by atoms with Gasteiger partial charge in [-0.15, -0.1) is 0 Å². The average molecular weight is 271 g/mol. The zero-order valence-electron chi connectivity index (χ0n) is 11.3. The van der Waals surface area contributed by atoms with Crippen molar-refractivity contribution in [3.8, 4) is 11.5 Å². The Bertz CT molecular complexity index is 567. The normalized spacial score (nSPS) is 11.2. The lowest BCUT2D eigenvalue weighted by atomic mass is 10.1. The molecule has 0 fully saturated rings. The quantitative estimate of drug-likeness (QED) is 0.498. The highest BCUT2D eigenvalue weighted by molar-refractivity contribution is 5.98. The van der Waals surface area contributed by atoms with Crippen molar-refractivity contribution < 1.29 is 14.7 Å². The summed E-state index contributed by atoms with van der Waals surface area (Å²) in [6, 6.07) is 16.5. The van der Waals surface area contributed by atoms with Gasteiger partial charge in [0.05, 0.1) is 5.71 Å². The Kier molecular flexibility index (Phi) is 5.00. The third kappa shape index (κ3) is 4.31. The molecular weight excluding hydrogens is 254 g/mol. The third-order valence-electron chi connectivity index (χ3n) is 2.65. The maximum absolute atomic E-state index is 9.28. The van der Waals surface area contributed by atoms with Gasteiger partial charge < -0.3 is 14.7 Å². The Balaban J connectivity index is 1.74. The van der Waals surface area contributed by atoms with Crippen molar-refractivity contribution in [3.63, 3.8) is 0 Å². The molecule has 0 aliphatic rings. The van der Waals surface area contributed by atoms with E-state index in [2.05, 4.69) is 5.16 Å². The number of hydrogen-bond donors (Lipinski definition) is 1. The molecule has 0 bridgehead atoms. The topological polar surface area (TPSA) is 51.0 Å². The fourth-order valence-corrected chi connectivity index (χ4v) is 1.64. The summed E-state index contributed by atoms with van der Waals surface area (Å²) in [7, 11) is 0. The van der Waals surface area contributed by atoms with Gasteiger partial charge in [0.1, 0.15) is 18.1 Å². The first-order valence-electron chi connectivity index (χ1n) is 6.39. The minimum Gasteiger partial charge on any atom is -0.508 e. The van der Waals surface area contributed by atoms with Crippen molar-refractivity contribution in [3.05, 3.63) is 60.2 Å². The van der Waals surface area contributed by atoms with Gasteiger partial charge in [-0.3, -0.25) is 0 Å². The molecule has 0 radical (unpaired) electrons. The van der Waals surface area contributed by atoms with Crippen molar-refractivity contribution in [2.75, 3.05) is 13.2 Å². The summed E-state index contributed by atoms with van der Waals surface area (Å²) < 4.78 is 5.42. The monoisotopic (exact) mass is 271 g/mol. The van der Waals surface area contributed by atoms with Gasteiger partial charge in [-0.05, 0) is 24.6 Å². The van der Waals surface area contributed by atoms with Crippen LogP contribution in [0.5, 0.6) is 11.5 Å². The standard InChI is InChI=1S/C16H17NO3/c1-13(14-6-3-2-4-7-14)17-20-11-10-19-16-9-5-8-15(18)12-16/h2-9,12,18H,10-11H2,1H3. The molecule has 0 unspecified atom stereocenters. The van der Waals surface area contributed by atoms with Crippen molar-refractivity contribution in [2.24, 2.45) is 5.16 Å². The Labute approximate surface area is 118 Å². The summed E-state index contributed by atoms with van der Waals surface area (Å²) in [6.07, 6.45) is 0. The number of hydrogen-bond acceptors (Lipinski definition) is 4. The summed E-state index contributed by atoms with van der Waals surface area (Å²) >= 11 is 0. The van der Waals surface area contributed by atoms with E-state index in [9.17, 15) is 5.11 Å². The lowest BCUT2D eigenvalue weighted by Gasteiger charge is -2.06. The number of phenolic OH excluding ortho intramolecular Hbond substituents is 1. The number of rotatable bonds is 6. The van der Waals surface area contributed by atoms with Crippen LogP contribution >= 0.6 is 0 Å². The SMILES string of the molecule is CC(=NOCCOc1cccc(O)c1)c1ccccc1. The molecule has 0 aliphatic heterocycles. The van der Waals surface area contributed by atoms with Gasteiger partial charge in [-0.25, -0.2) is 0 Å². The molecular formula is C16H17NO3. The van der Waals surface area contributed by atoms with E-state index in [1.807, 2.05) is 37.3 Å². The van der Waals surface area contributed by atoms with Crippen molar-refractivity contribution in [2.45, 2.75) is 6.92 Å². The van der Waals surface area contributed by atoms with Crippen LogP contribution in [0.1, 0.15) is 12.5 Å². The van der Waals surface area contributed by atoms with E-state index in [-0.39, 0.29) is 5.75 Å². The predicted octanol–water partition coefficient (Wildman–Crippen LogP) is 3.21. The maximum atomic E-state index is 9.28. The van der Waals surface area contributed by atoms with Crippen LogP contribution in [0.4, 0.5) is 0 Å². The predicted molar refractivity (Wildman–Crippen MR) is 78.2 cm³/mol. The Morgan fingerprint density at radius 2 is 1.85 bits per heavy atom. The van der Waals surface area contributed by atoms with Crippen molar-refractivity contribution in [1.29, 1.82) is 0 Å².